The van der Waals surface area contributed by atoms with Crippen molar-refractivity contribution >= 4 is 20.9 Å². The lowest BCUT2D eigenvalue weighted by Gasteiger charge is -2.29. The largest absolute Gasteiger partial charge is 0.417 e. The highest BCUT2D eigenvalue weighted by molar-refractivity contribution is 7.90. The molecule has 1 aliphatic rings. The zero-order chi connectivity index (χ0) is 25.6. The lowest BCUT2D eigenvalue weighted by Crippen LogP contribution is -2.44. The van der Waals surface area contributed by atoms with Crippen LogP contribution in [-0.4, -0.2) is 24.4 Å². The standard InChI is InChI=1S/C24H24F6N2O2S/c1-2-12-32-14-19(22(24(28,29)30)31-35(33,34)16-6-5-7-16)18-11-10-15(13-21(18)32)17-8-3-4-9-20(17)23(25,26)27/h3-4,8-11,13-14,16,22,31H,2,5-7,12H2,1H3. The highest BCUT2D eigenvalue weighted by atomic mass is 32.2. The van der Waals surface area contributed by atoms with Crippen LogP contribution in [0.3, 0.4) is 0 Å². The summed E-state index contributed by atoms with van der Waals surface area (Å²) in [7, 11) is -4.20. The number of alkyl halides is 6. The van der Waals surface area contributed by atoms with E-state index in [1.807, 2.05) is 11.6 Å². The molecule has 11 heteroatoms. The summed E-state index contributed by atoms with van der Waals surface area (Å²) in [6.07, 6.45) is -6.47. The quantitative estimate of drug-likeness (QED) is 0.349. The van der Waals surface area contributed by atoms with Gasteiger partial charge >= 0.3 is 12.4 Å². The van der Waals surface area contributed by atoms with Crippen LogP contribution in [-0.2, 0) is 22.7 Å². The van der Waals surface area contributed by atoms with Crippen molar-refractivity contribution in [3.05, 3.63) is 59.8 Å². The highest BCUT2D eigenvalue weighted by Crippen LogP contribution is 2.42. The Balaban J connectivity index is 1.86. The molecule has 0 spiro atoms. The molecule has 0 bridgehead atoms. The predicted octanol–water partition coefficient (Wildman–Crippen LogP) is 6.81. The molecule has 1 aromatic heterocycles. The Morgan fingerprint density at radius 2 is 1.74 bits per heavy atom. The minimum Gasteiger partial charge on any atom is -0.347 e. The van der Waals surface area contributed by atoms with Gasteiger partial charge in [0.2, 0.25) is 10.0 Å². The zero-order valence-electron chi connectivity index (χ0n) is 18.7. The van der Waals surface area contributed by atoms with E-state index in [1.165, 1.54) is 47.2 Å². The Bertz CT molecular complexity index is 1320. The molecule has 1 heterocycles. The van der Waals surface area contributed by atoms with Crippen molar-refractivity contribution in [2.75, 3.05) is 0 Å². The van der Waals surface area contributed by atoms with Gasteiger partial charge in [-0.25, -0.2) is 8.42 Å². The van der Waals surface area contributed by atoms with Gasteiger partial charge in [0.05, 0.1) is 10.8 Å². The van der Waals surface area contributed by atoms with Gasteiger partial charge in [-0.15, -0.1) is 0 Å². The Morgan fingerprint density at radius 1 is 1.06 bits per heavy atom. The minimum absolute atomic E-state index is 0.0919. The van der Waals surface area contributed by atoms with Crippen molar-refractivity contribution in [2.24, 2.45) is 0 Å². The Morgan fingerprint density at radius 3 is 2.31 bits per heavy atom. The third-order valence-electron chi connectivity index (χ3n) is 6.33. The van der Waals surface area contributed by atoms with Gasteiger partial charge < -0.3 is 4.57 Å². The molecule has 0 amide bonds. The van der Waals surface area contributed by atoms with Gasteiger partial charge in [0.25, 0.3) is 0 Å². The Kier molecular flexibility index (Phi) is 6.69. The molecule has 190 valence electrons. The van der Waals surface area contributed by atoms with Gasteiger partial charge in [0, 0.05) is 29.2 Å². The summed E-state index contributed by atoms with van der Waals surface area (Å²) in [6, 6.07) is 6.60. The molecular formula is C24H24F6N2O2S. The summed E-state index contributed by atoms with van der Waals surface area (Å²) < 4.78 is 111. The summed E-state index contributed by atoms with van der Waals surface area (Å²) in [5.41, 5.74) is -0.723. The first-order valence-electron chi connectivity index (χ1n) is 11.2. The second kappa shape index (κ2) is 9.16. The van der Waals surface area contributed by atoms with Gasteiger partial charge in [-0.05, 0) is 42.5 Å². The molecule has 4 rings (SSSR count). The van der Waals surface area contributed by atoms with Crippen LogP contribution in [0, 0.1) is 0 Å². The summed E-state index contributed by atoms with van der Waals surface area (Å²) in [4.78, 5) is 0. The van der Waals surface area contributed by atoms with Gasteiger partial charge in [-0.3, -0.25) is 0 Å². The van der Waals surface area contributed by atoms with E-state index in [1.54, 1.807) is 0 Å². The molecule has 2 aromatic carbocycles. The second-order valence-corrected chi connectivity index (χ2v) is 10.7. The fourth-order valence-corrected chi connectivity index (χ4v) is 6.11. The number of halogens is 6. The molecule has 1 unspecified atom stereocenters. The van der Waals surface area contributed by atoms with Crippen molar-refractivity contribution in [3.63, 3.8) is 0 Å². The van der Waals surface area contributed by atoms with E-state index in [2.05, 4.69) is 0 Å². The number of fused-ring (bicyclic) bond motifs is 1. The molecule has 35 heavy (non-hydrogen) atoms. The van der Waals surface area contributed by atoms with Gasteiger partial charge in [0.15, 0.2) is 0 Å². The van der Waals surface area contributed by atoms with Gasteiger partial charge in [-0.2, -0.15) is 31.1 Å². The molecule has 0 saturated heterocycles. The average molecular weight is 519 g/mol. The van der Waals surface area contributed by atoms with E-state index in [9.17, 15) is 34.8 Å². The van der Waals surface area contributed by atoms with E-state index in [4.69, 9.17) is 0 Å². The Hall–Kier alpha value is -2.53. The number of hydrogen-bond acceptors (Lipinski definition) is 2. The van der Waals surface area contributed by atoms with Crippen LogP contribution < -0.4 is 4.72 Å². The van der Waals surface area contributed by atoms with Crippen LogP contribution in [0.1, 0.15) is 49.8 Å². The van der Waals surface area contributed by atoms with Crippen LogP contribution in [0.4, 0.5) is 26.3 Å². The smallest absolute Gasteiger partial charge is 0.347 e. The molecule has 1 N–H and O–H groups in total. The number of aryl methyl sites for hydroxylation is 1. The van der Waals surface area contributed by atoms with Crippen molar-refractivity contribution in [3.8, 4) is 11.1 Å². The Labute approximate surface area is 199 Å². The maximum absolute atomic E-state index is 14.1. The van der Waals surface area contributed by atoms with E-state index in [-0.39, 0.29) is 22.1 Å². The predicted molar refractivity (Wildman–Crippen MR) is 121 cm³/mol. The van der Waals surface area contributed by atoms with Crippen molar-refractivity contribution in [2.45, 2.75) is 62.8 Å². The molecule has 1 fully saturated rings. The van der Waals surface area contributed by atoms with Crippen molar-refractivity contribution < 1.29 is 34.8 Å². The fourth-order valence-electron chi connectivity index (χ4n) is 4.37. The minimum atomic E-state index is -4.91. The zero-order valence-corrected chi connectivity index (χ0v) is 19.6. The molecule has 1 saturated carbocycles. The number of nitrogens with one attached hydrogen (secondary N) is 1. The van der Waals surface area contributed by atoms with Crippen LogP contribution in [0.2, 0.25) is 0 Å². The molecule has 4 nitrogen and oxygen atoms in total. The third kappa shape index (κ3) is 5.06. The van der Waals surface area contributed by atoms with Gasteiger partial charge in [0.1, 0.15) is 6.04 Å². The molecule has 1 atom stereocenters. The lowest BCUT2D eigenvalue weighted by atomic mass is 9.97. The number of rotatable bonds is 7. The second-order valence-electron chi connectivity index (χ2n) is 8.74. The van der Waals surface area contributed by atoms with Crippen molar-refractivity contribution in [1.82, 2.24) is 9.29 Å². The molecule has 3 aromatic rings. The van der Waals surface area contributed by atoms with Crippen LogP contribution in [0.15, 0.2) is 48.7 Å². The normalized spacial score (nSPS) is 16.4. The lowest BCUT2D eigenvalue weighted by molar-refractivity contribution is -0.152. The first-order chi connectivity index (χ1) is 16.3. The number of benzene rings is 2. The van der Waals surface area contributed by atoms with Gasteiger partial charge in [-0.1, -0.05) is 43.7 Å². The van der Waals surface area contributed by atoms with Crippen LogP contribution in [0.25, 0.3) is 22.0 Å². The number of sulfonamides is 1. The molecule has 0 radical (unpaired) electrons. The molecule has 1 aliphatic carbocycles. The summed E-state index contributed by atoms with van der Waals surface area (Å²) in [6.45, 7) is 2.12. The van der Waals surface area contributed by atoms with E-state index in [0.717, 1.165) is 6.07 Å². The van der Waals surface area contributed by atoms with E-state index in [0.29, 0.717) is 37.7 Å². The summed E-state index contributed by atoms with van der Waals surface area (Å²) in [5, 5.41) is -0.730. The highest BCUT2D eigenvalue weighted by Gasteiger charge is 2.46. The monoisotopic (exact) mass is 518 g/mol. The first kappa shape index (κ1) is 25.6. The topological polar surface area (TPSA) is 51.1 Å². The van der Waals surface area contributed by atoms with Crippen LogP contribution >= 0.6 is 0 Å². The first-order valence-corrected chi connectivity index (χ1v) is 12.7. The summed E-state index contributed by atoms with van der Waals surface area (Å²) in [5.74, 6) is 0. The average Bonchev–Trinajstić information content (AvgIpc) is 3.07. The maximum Gasteiger partial charge on any atom is 0.417 e. The number of nitrogens with zero attached hydrogens (tertiary/aromatic N) is 1. The van der Waals surface area contributed by atoms with Crippen LogP contribution in [0.5, 0.6) is 0 Å². The van der Waals surface area contributed by atoms with Crippen molar-refractivity contribution in [1.29, 1.82) is 0 Å². The van der Waals surface area contributed by atoms with E-state index < -0.39 is 39.2 Å². The molecular weight excluding hydrogens is 494 g/mol. The third-order valence-corrected chi connectivity index (χ3v) is 8.25. The number of hydrogen-bond donors (Lipinski definition) is 1. The molecule has 0 aliphatic heterocycles. The maximum atomic E-state index is 14.1. The SMILES string of the molecule is CCCn1cc(C(NS(=O)(=O)C2CCC2)C(F)(F)F)c2ccc(-c3ccccc3C(F)(F)F)cc21. The van der Waals surface area contributed by atoms with E-state index >= 15 is 0 Å². The number of aromatic nitrogens is 1. The summed E-state index contributed by atoms with van der Waals surface area (Å²) >= 11 is 0. The fraction of sp³-hybridized carbons (Fsp3) is 0.417.